The summed E-state index contributed by atoms with van der Waals surface area (Å²) in [5, 5.41) is 14.0. The summed E-state index contributed by atoms with van der Waals surface area (Å²) in [4.78, 5) is 24.0. The molecule has 7 nitrogen and oxygen atoms in total. The highest BCUT2D eigenvalue weighted by Crippen LogP contribution is 2.44. The minimum absolute atomic E-state index is 0.140. The fraction of sp³-hybridized carbons (Fsp3) is 0.333. The highest BCUT2D eigenvalue weighted by atomic mass is 19.4. The van der Waals surface area contributed by atoms with E-state index in [2.05, 4.69) is 5.32 Å². The zero-order valence-electron chi connectivity index (χ0n) is 16.7. The standard InChI is InChI=1S/C21H21F3N2O5/c1-12(27)17-18(25-19(28)26-20(17,29)21(22,23)24)14-8-9-15(16(10-14)30-2)31-11-13-6-4-3-5-7-13/h3-10,17-18,29H,11H2,1-2H3,(H2,25,26,28)/t17-,18+,20-/m1/s1. The number of urea groups is 1. The molecule has 1 aliphatic heterocycles. The van der Waals surface area contributed by atoms with Gasteiger partial charge in [0.15, 0.2) is 11.5 Å². The van der Waals surface area contributed by atoms with Crippen molar-refractivity contribution in [2.45, 2.75) is 31.5 Å². The number of methoxy groups -OCH3 is 1. The van der Waals surface area contributed by atoms with Gasteiger partial charge in [0, 0.05) is 0 Å². The predicted molar refractivity (Wildman–Crippen MR) is 103 cm³/mol. The molecule has 2 amide bonds. The number of ketones is 1. The Morgan fingerprint density at radius 1 is 1.16 bits per heavy atom. The van der Waals surface area contributed by atoms with Crippen molar-refractivity contribution < 1.29 is 37.3 Å². The molecular formula is C21H21F3N2O5. The van der Waals surface area contributed by atoms with Crippen LogP contribution in [0.15, 0.2) is 48.5 Å². The summed E-state index contributed by atoms with van der Waals surface area (Å²) in [7, 11) is 1.35. The molecular weight excluding hydrogens is 417 g/mol. The number of hydrogen-bond acceptors (Lipinski definition) is 5. The van der Waals surface area contributed by atoms with Crippen LogP contribution < -0.4 is 20.1 Å². The highest BCUT2D eigenvalue weighted by Gasteiger charge is 2.65. The minimum atomic E-state index is -5.28. The van der Waals surface area contributed by atoms with Gasteiger partial charge in [0.25, 0.3) is 0 Å². The zero-order valence-corrected chi connectivity index (χ0v) is 16.7. The number of carbonyl (C=O) groups is 2. The summed E-state index contributed by atoms with van der Waals surface area (Å²) in [6.45, 7) is 1.15. The Hall–Kier alpha value is -3.27. The van der Waals surface area contributed by atoms with E-state index < -0.39 is 35.7 Å². The van der Waals surface area contributed by atoms with E-state index in [-0.39, 0.29) is 17.9 Å². The minimum Gasteiger partial charge on any atom is -0.493 e. The van der Waals surface area contributed by atoms with Crippen LogP contribution in [-0.4, -0.2) is 35.9 Å². The molecule has 2 aromatic rings. The van der Waals surface area contributed by atoms with E-state index >= 15 is 0 Å². The van der Waals surface area contributed by atoms with Crippen LogP contribution in [-0.2, 0) is 11.4 Å². The molecule has 0 unspecified atom stereocenters. The molecule has 0 bridgehead atoms. The lowest BCUT2D eigenvalue weighted by molar-refractivity contribution is -0.290. The Morgan fingerprint density at radius 3 is 2.42 bits per heavy atom. The van der Waals surface area contributed by atoms with Crippen LogP contribution in [0, 0.1) is 5.92 Å². The lowest BCUT2D eigenvalue weighted by atomic mass is 9.79. The second kappa shape index (κ2) is 8.46. The second-order valence-electron chi connectivity index (χ2n) is 7.11. The highest BCUT2D eigenvalue weighted by molar-refractivity contribution is 5.86. The molecule has 10 heteroatoms. The van der Waals surface area contributed by atoms with E-state index in [0.717, 1.165) is 12.5 Å². The molecule has 0 saturated carbocycles. The van der Waals surface area contributed by atoms with Crippen molar-refractivity contribution in [1.82, 2.24) is 10.6 Å². The van der Waals surface area contributed by atoms with Crippen LogP contribution in [0.5, 0.6) is 11.5 Å². The largest absolute Gasteiger partial charge is 0.493 e. The van der Waals surface area contributed by atoms with E-state index in [9.17, 15) is 27.9 Å². The molecule has 166 valence electrons. The number of benzene rings is 2. The third-order valence-electron chi connectivity index (χ3n) is 5.03. The van der Waals surface area contributed by atoms with Crippen molar-refractivity contribution in [2.24, 2.45) is 5.92 Å². The number of carbonyl (C=O) groups excluding carboxylic acids is 2. The molecule has 3 atom stereocenters. The van der Waals surface area contributed by atoms with Crippen molar-refractivity contribution in [3.8, 4) is 11.5 Å². The Labute approximate surface area is 176 Å². The van der Waals surface area contributed by atoms with Crippen LogP contribution >= 0.6 is 0 Å². The first-order valence-electron chi connectivity index (χ1n) is 9.29. The Kier molecular flexibility index (Phi) is 6.12. The predicted octanol–water partition coefficient (Wildman–Crippen LogP) is 3.08. The first-order chi connectivity index (χ1) is 14.6. The number of amides is 2. The zero-order chi connectivity index (χ0) is 22.8. The molecule has 0 aliphatic carbocycles. The van der Waals surface area contributed by atoms with Gasteiger partial charge >= 0.3 is 12.2 Å². The van der Waals surface area contributed by atoms with Gasteiger partial charge in [0.1, 0.15) is 12.4 Å². The SMILES string of the molecule is COc1cc([C@@H]2NC(=O)N[C@](O)(C(F)(F)F)[C@@H]2C(C)=O)ccc1OCc1ccccc1. The lowest BCUT2D eigenvalue weighted by Gasteiger charge is -2.44. The summed E-state index contributed by atoms with van der Waals surface area (Å²) < 4.78 is 51.8. The van der Waals surface area contributed by atoms with E-state index in [0.29, 0.717) is 5.75 Å². The van der Waals surface area contributed by atoms with Crippen molar-refractivity contribution in [3.05, 3.63) is 59.7 Å². The van der Waals surface area contributed by atoms with Gasteiger partial charge in [-0.25, -0.2) is 4.79 Å². The normalized spacial score (nSPS) is 23.5. The molecule has 31 heavy (non-hydrogen) atoms. The Balaban J connectivity index is 1.94. The molecule has 3 N–H and O–H groups in total. The maximum absolute atomic E-state index is 13.6. The molecule has 2 aromatic carbocycles. The van der Waals surface area contributed by atoms with E-state index in [4.69, 9.17) is 9.47 Å². The van der Waals surface area contributed by atoms with Gasteiger partial charge in [-0.15, -0.1) is 0 Å². The van der Waals surface area contributed by atoms with Gasteiger partial charge in [0.2, 0.25) is 5.72 Å². The average Bonchev–Trinajstić information content (AvgIpc) is 2.71. The van der Waals surface area contributed by atoms with E-state index in [1.165, 1.54) is 30.6 Å². The van der Waals surface area contributed by atoms with Gasteiger partial charge < -0.3 is 25.2 Å². The van der Waals surface area contributed by atoms with Gasteiger partial charge in [-0.1, -0.05) is 36.4 Å². The summed E-state index contributed by atoms with van der Waals surface area (Å²) in [5.74, 6) is -2.47. The van der Waals surface area contributed by atoms with Crippen molar-refractivity contribution in [1.29, 1.82) is 0 Å². The summed E-state index contributed by atoms with van der Waals surface area (Å²) in [6, 6.07) is 10.8. The maximum atomic E-state index is 13.6. The summed E-state index contributed by atoms with van der Waals surface area (Å²) >= 11 is 0. The molecule has 1 saturated heterocycles. The number of ether oxygens (including phenoxy) is 2. The van der Waals surface area contributed by atoms with Gasteiger partial charge in [-0.05, 0) is 30.2 Å². The molecule has 0 aromatic heterocycles. The lowest BCUT2D eigenvalue weighted by Crippen LogP contribution is -2.72. The van der Waals surface area contributed by atoms with Crippen LogP contribution in [0.2, 0.25) is 0 Å². The number of Topliss-reactive ketones (excluding diaryl/α,β-unsaturated/α-hetero) is 1. The van der Waals surface area contributed by atoms with E-state index in [1.54, 1.807) is 0 Å². The number of rotatable bonds is 6. The number of alkyl halides is 3. The molecule has 1 fully saturated rings. The Bertz CT molecular complexity index is 967. The van der Waals surface area contributed by atoms with Crippen LogP contribution in [0.1, 0.15) is 24.1 Å². The first kappa shape index (κ1) is 22.4. The van der Waals surface area contributed by atoms with Crippen molar-refractivity contribution in [3.63, 3.8) is 0 Å². The summed E-state index contributed by atoms with van der Waals surface area (Å²) in [5.41, 5.74) is -2.69. The number of aliphatic hydroxyl groups is 1. The third-order valence-corrected chi connectivity index (χ3v) is 5.03. The van der Waals surface area contributed by atoms with Crippen molar-refractivity contribution >= 4 is 11.8 Å². The smallest absolute Gasteiger partial charge is 0.437 e. The van der Waals surface area contributed by atoms with Gasteiger partial charge in [-0.3, -0.25) is 4.79 Å². The monoisotopic (exact) mass is 438 g/mol. The van der Waals surface area contributed by atoms with Crippen LogP contribution in [0.3, 0.4) is 0 Å². The van der Waals surface area contributed by atoms with Crippen molar-refractivity contribution in [2.75, 3.05) is 7.11 Å². The number of hydrogen-bond donors (Lipinski definition) is 3. The number of halogens is 3. The topological polar surface area (TPSA) is 96.9 Å². The maximum Gasteiger partial charge on any atom is 0.437 e. The molecule has 0 radical (unpaired) electrons. The number of nitrogens with one attached hydrogen (secondary N) is 2. The molecule has 1 aliphatic rings. The Morgan fingerprint density at radius 2 is 1.84 bits per heavy atom. The fourth-order valence-electron chi connectivity index (χ4n) is 3.54. The van der Waals surface area contributed by atoms with E-state index in [1.807, 2.05) is 30.3 Å². The summed E-state index contributed by atoms with van der Waals surface area (Å²) in [6.07, 6.45) is -5.28. The first-order valence-corrected chi connectivity index (χ1v) is 9.29. The van der Waals surface area contributed by atoms with Crippen LogP contribution in [0.4, 0.5) is 18.0 Å². The van der Waals surface area contributed by atoms with Gasteiger partial charge in [0.05, 0.1) is 19.1 Å². The van der Waals surface area contributed by atoms with Crippen LogP contribution in [0.25, 0.3) is 0 Å². The molecule has 3 rings (SSSR count). The molecule has 0 spiro atoms. The molecule has 1 heterocycles. The van der Waals surface area contributed by atoms with Gasteiger partial charge in [-0.2, -0.15) is 13.2 Å². The average molecular weight is 438 g/mol. The third kappa shape index (κ3) is 4.43. The quantitative estimate of drug-likeness (QED) is 0.644. The second-order valence-corrected chi connectivity index (χ2v) is 7.11. The fourth-order valence-corrected chi connectivity index (χ4v) is 3.54.